The molecule has 0 atom stereocenters. The lowest BCUT2D eigenvalue weighted by Gasteiger charge is -2.05. The first kappa shape index (κ1) is 14.1. The van der Waals surface area contributed by atoms with Crippen molar-refractivity contribution in [2.24, 2.45) is 0 Å². The number of hydrogen-bond donors (Lipinski definition) is 2. The van der Waals surface area contributed by atoms with Crippen molar-refractivity contribution >= 4 is 5.91 Å². The van der Waals surface area contributed by atoms with Crippen molar-refractivity contribution in [1.82, 2.24) is 10.6 Å². The van der Waals surface area contributed by atoms with Crippen LogP contribution in [0.15, 0.2) is 12.2 Å². The molecule has 4 heteroatoms. The first-order valence-corrected chi connectivity index (χ1v) is 5.30. The third-order valence-corrected chi connectivity index (χ3v) is 1.81. The Morgan fingerprint density at radius 2 is 2.13 bits per heavy atom. The van der Waals surface area contributed by atoms with Crippen LogP contribution in [0.25, 0.3) is 0 Å². The Morgan fingerprint density at radius 3 is 2.73 bits per heavy atom. The van der Waals surface area contributed by atoms with E-state index < -0.39 is 0 Å². The van der Waals surface area contributed by atoms with Gasteiger partial charge in [0.15, 0.2) is 0 Å². The average molecular weight is 214 g/mol. The minimum absolute atomic E-state index is 0.0929. The van der Waals surface area contributed by atoms with Gasteiger partial charge in [-0.25, -0.2) is 0 Å². The summed E-state index contributed by atoms with van der Waals surface area (Å²) < 4.78 is 5.30. The van der Waals surface area contributed by atoms with E-state index in [0.717, 1.165) is 25.1 Å². The Hall–Kier alpha value is -0.870. The monoisotopic (exact) mass is 214 g/mol. The maximum Gasteiger partial charge on any atom is 0.219 e. The second kappa shape index (κ2) is 9.68. The van der Waals surface area contributed by atoms with Crippen molar-refractivity contribution in [3.8, 4) is 0 Å². The molecule has 4 nitrogen and oxygen atoms in total. The van der Waals surface area contributed by atoms with Gasteiger partial charge in [0.05, 0.1) is 13.2 Å². The molecule has 0 fully saturated rings. The van der Waals surface area contributed by atoms with Gasteiger partial charge in [-0.05, 0) is 19.9 Å². The highest BCUT2D eigenvalue weighted by atomic mass is 16.5. The molecule has 0 spiro atoms. The molecule has 15 heavy (non-hydrogen) atoms. The molecule has 0 rings (SSSR count). The summed E-state index contributed by atoms with van der Waals surface area (Å²) in [6.07, 6.45) is 1.44. The van der Waals surface area contributed by atoms with Crippen LogP contribution in [0.3, 0.4) is 0 Å². The maximum absolute atomic E-state index is 10.8. The van der Waals surface area contributed by atoms with Gasteiger partial charge in [-0.2, -0.15) is 0 Å². The zero-order chi connectivity index (χ0) is 11.5. The molecule has 0 saturated carbocycles. The molecule has 1 amide bonds. The third kappa shape index (κ3) is 11.1. The molecule has 0 saturated heterocycles. The normalized spacial score (nSPS) is 10.0. The van der Waals surface area contributed by atoms with Crippen molar-refractivity contribution in [2.45, 2.75) is 19.8 Å². The van der Waals surface area contributed by atoms with Crippen LogP contribution in [0, 0.1) is 0 Å². The molecule has 2 N–H and O–H groups in total. The van der Waals surface area contributed by atoms with Crippen molar-refractivity contribution < 1.29 is 9.53 Å². The Morgan fingerprint density at radius 1 is 1.40 bits per heavy atom. The number of hydrogen-bond acceptors (Lipinski definition) is 3. The van der Waals surface area contributed by atoms with Crippen LogP contribution in [0.5, 0.6) is 0 Å². The predicted molar refractivity (Wildman–Crippen MR) is 61.8 cm³/mol. The summed E-state index contributed by atoms with van der Waals surface area (Å²) >= 11 is 0. The quantitative estimate of drug-likeness (QED) is 0.439. The van der Waals surface area contributed by atoms with Gasteiger partial charge in [0.25, 0.3) is 0 Å². The van der Waals surface area contributed by atoms with Crippen molar-refractivity contribution in [2.75, 3.05) is 33.4 Å². The van der Waals surface area contributed by atoms with E-state index in [1.807, 2.05) is 6.92 Å². The summed E-state index contributed by atoms with van der Waals surface area (Å²) in [6, 6.07) is 0. The SMILES string of the molecule is C=C(C)COCCNCCCC(=O)NC. The van der Waals surface area contributed by atoms with E-state index in [1.54, 1.807) is 7.05 Å². The lowest BCUT2D eigenvalue weighted by molar-refractivity contribution is -0.120. The minimum Gasteiger partial charge on any atom is -0.376 e. The maximum atomic E-state index is 10.8. The lowest BCUT2D eigenvalue weighted by Crippen LogP contribution is -2.23. The van der Waals surface area contributed by atoms with Gasteiger partial charge >= 0.3 is 0 Å². The smallest absolute Gasteiger partial charge is 0.219 e. The fourth-order valence-electron chi connectivity index (χ4n) is 1.01. The molecular weight excluding hydrogens is 192 g/mol. The molecule has 0 heterocycles. The van der Waals surface area contributed by atoms with Crippen LogP contribution < -0.4 is 10.6 Å². The lowest BCUT2D eigenvalue weighted by atomic mass is 10.3. The van der Waals surface area contributed by atoms with Gasteiger partial charge < -0.3 is 15.4 Å². The van der Waals surface area contributed by atoms with Crippen LogP contribution in [0.4, 0.5) is 0 Å². The van der Waals surface area contributed by atoms with Gasteiger partial charge in [-0.15, -0.1) is 0 Å². The van der Waals surface area contributed by atoms with Crippen molar-refractivity contribution in [3.63, 3.8) is 0 Å². The number of carbonyl (C=O) groups is 1. The molecule has 0 aliphatic carbocycles. The third-order valence-electron chi connectivity index (χ3n) is 1.81. The van der Waals surface area contributed by atoms with E-state index in [0.29, 0.717) is 19.6 Å². The second-order valence-electron chi connectivity index (χ2n) is 3.54. The van der Waals surface area contributed by atoms with Crippen molar-refractivity contribution in [3.05, 3.63) is 12.2 Å². The summed E-state index contributed by atoms with van der Waals surface area (Å²) in [6.45, 7) is 8.67. The predicted octanol–water partition coefficient (Wildman–Crippen LogP) is 0.695. The van der Waals surface area contributed by atoms with Crippen LogP contribution in [0.2, 0.25) is 0 Å². The first-order valence-electron chi connectivity index (χ1n) is 5.30. The van der Waals surface area contributed by atoms with Crippen LogP contribution in [-0.4, -0.2) is 39.3 Å². The summed E-state index contributed by atoms with van der Waals surface area (Å²) in [4.78, 5) is 10.8. The Balaban J connectivity index is 3.05. The summed E-state index contributed by atoms with van der Waals surface area (Å²) in [5.41, 5.74) is 1.04. The minimum atomic E-state index is 0.0929. The molecular formula is C11H22N2O2. The van der Waals surface area contributed by atoms with E-state index in [9.17, 15) is 4.79 Å². The topological polar surface area (TPSA) is 50.4 Å². The van der Waals surface area contributed by atoms with Crippen molar-refractivity contribution in [1.29, 1.82) is 0 Å². The van der Waals surface area contributed by atoms with E-state index in [1.165, 1.54) is 0 Å². The molecule has 0 radical (unpaired) electrons. The first-order chi connectivity index (χ1) is 7.16. The number of ether oxygens (including phenoxy) is 1. The molecule has 0 aliphatic rings. The van der Waals surface area contributed by atoms with Crippen LogP contribution in [0.1, 0.15) is 19.8 Å². The molecule has 0 aromatic rings. The van der Waals surface area contributed by atoms with Gasteiger partial charge in [0.1, 0.15) is 0 Å². The van der Waals surface area contributed by atoms with Gasteiger partial charge in [-0.3, -0.25) is 4.79 Å². The van der Waals surface area contributed by atoms with Crippen LogP contribution in [-0.2, 0) is 9.53 Å². The van der Waals surface area contributed by atoms with E-state index in [2.05, 4.69) is 17.2 Å². The number of rotatable bonds is 9. The molecule has 0 unspecified atom stereocenters. The molecule has 0 aliphatic heterocycles. The zero-order valence-electron chi connectivity index (χ0n) is 9.77. The summed E-state index contributed by atoms with van der Waals surface area (Å²) in [5.74, 6) is 0.0929. The standard InChI is InChI=1S/C11H22N2O2/c1-10(2)9-15-8-7-13-6-4-5-11(14)12-3/h13H,1,4-9H2,2-3H3,(H,12,14). The molecule has 88 valence electrons. The highest BCUT2D eigenvalue weighted by Crippen LogP contribution is 1.88. The van der Waals surface area contributed by atoms with Crippen LogP contribution >= 0.6 is 0 Å². The zero-order valence-corrected chi connectivity index (χ0v) is 9.77. The Labute approximate surface area is 92.1 Å². The number of amides is 1. The fraction of sp³-hybridized carbons (Fsp3) is 0.727. The molecule has 0 bridgehead atoms. The average Bonchev–Trinajstić information content (AvgIpc) is 2.21. The molecule has 0 aromatic heterocycles. The van der Waals surface area contributed by atoms with Gasteiger partial charge in [0.2, 0.25) is 5.91 Å². The second-order valence-corrected chi connectivity index (χ2v) is 3.54. The fourth-order valence-corrected chi connectivity index (χ4v) is 1.01. The molecule has 0 aromatic carbocycles. The summed E-state index contributed by atoms with van der Waals surface area (Å²) in [7, 11) is 1.65. The number of nitrogens with one attached hydrogen (secondary N) is 2. The Bertz CT molecular complexity index is 193. The Kier molecular flexibility index (Phi) is 9.11. The number of carbonyl (C=O) groups excluding carboxylic acids is 1. The van der Waals surface area contributed by atoms with E-state index in [-0.39, 0.29) is 5.91 Å². The highest BCUT2D eigenvalue weighted by molar-refractivity contribution is 5.75. The van der Waals surface area contributed by atoms with Gasteiger partial charge in [0, 0.05) is 20.0 Å². The largest absolute Gasteiger partial charge is 0.376 e. The van der Waals surface area contributed by atoms with E-state index in [4.69, 9.17) is 4.74 Å². The van der Waals surface area contributed by atoms with E-state index >= 15 is 0 Å². The highest BCUT2D eigenvalue weighted by Gasteiger charge is 1.96. The van der Waals surface area contributed by atoms with Gasteiger partial charge in [-0.1, -0.05) is 12.2 Å². The summed E-state index contributed by atoms with van der Waals surface area (Å²) in [5, 5.41) is 5.79.